The normalized spacial score (nSPS) is 10.9. The van der Waals surface area contributed by atoms with Crippen molar-refractivity contribution in [1.29, 1.82) is 0 Å². The summed E-state index contributed by atoms with van der Waals surface area (Å²) in [5.74, 6) is 0.774. The van der Waals surface area contributed by atoms with Crippen LogP contribution in [0.5, 0.6) is 0 Å². The van der Waals surface area contributed by atoms with Gasteiger partial charge in [-0.3, -0.25) is 0 Å². The largest absolute Gasteiger partial charge is 0.314 e. The lowest BCUT2D eigenvalue weighted by molar-refractivity contribution is 0.759. The molecule has 2 rings (SSSR count). The number of hydrogen-bond acceptors (Lipinski definition) is 3. The van der Waals surface area contributed by atoms with E-state index in [0.29, 0.717) is 11.6 Å². The van der Waals surface area contributed by atoms with Gasteiger partial charge in [-0.15, -0.1) is 0 Å². The standard InChI is InChI=1S/C12H14BrClN4/c1-7-12(13)8(2)18(17-7)11-5-4-9(14)10(16-11)6-15-3/h4-5,15H,6H2,1-3H3. The van der Waals surface area contributed by atoms with Gasteiger partial charge in [-0.25, -0.2) is 9.67 Å². The van der Waals surface area contributed by atoms with E-state index in [1.165, 1.54) is 0 Å². The van der Waals surface area contributed by atoms with Crippen LogP contribution in [0.4, 0.5) is 0 Å². The predicted octanol–water partition coefficient (Wildman–Crippen LogP) is 3.02. The lowest BCUT2D eigenvalue weighted by atomic mass is 10.3. The SMILES string of the molecule is CNCc1nc(-n2nc(C)c(Br)c2C)ccc1Cl. The molecule has 96 valence electrons. The molecule has 2 aromatic heterocycles. The second-order valence-electron chi connectivity index (χ2n) is 4.02. The molecule has 0 unspecified atom stereocenters. The molecule has 2 aromatic rings. The molecule has 0 fully saturated rings. The van der Waals surface area contributed by atoms with Gasteiger partial charge in [0.25, 0.3) is 0 Å². The van der Waals surface area contributed by atoms with Crippen LogP contribution in [-0.4, -0.2) is 21.8 Å². The highest BCUT2D eigenvalue weighted by molar-refractivity contribution is 9.10. The van der Waals surface area contributed by atoms with Gasteiger partial charge in [0.2, 0.25) is 0 Å². The van der Waals surface area contributed by atoms with Crippen molar-refractivity contribution in [2.24, 2.45) is 0 Å². The van der Waals surface area contributed by atoms with Gasteiger partial charge in [-0.1, -0.05) is 11.6 Å². The van der Waals surface area contributed by atoms with Gasteiger partial charge in [-0.2, -0.15) is 5.10 Å². The van der Waals surface area contributed by atoms with E-state index in [4.69, 9.17) is 11.6 Å². The second kappa shape index (κ2) is 5.38. The van der Waals surface area contributed by atoms with Crippen LogP contribution in [0.1, 0.15) is 17.1 Å². The van der Waals surface area contributed by atoms with Gasteiger partial charge >= 0.3 is 0 Å². The van der Waals surface area contributed by atoms with Gasteiger partial charge in [0.15, 0.2) is 5.82 Å². The van der Waals surface area contributed by atoms with E-state index in [-0.39, 0.29) is 0 Å². The fraction of sp³-hybridized carbons (Fsp3) is 0.333. The van der Waals surface area contributed by atoms with E-state index in [1.807, 2.05) is 37.7 Å². The first kappa shape index (κ1) is 13.5. The quantitative estimate of drug-likeness (QED) is 0.941. The van der Waals surface area contributed by atoms with Crippen LogP contribution in [0.15, 0.2) is 16.6 Å². The van der Waals surface area contributed by atoms with E-state index in [2.05, 4.69) is 31.3 Å². The molecule has 0 aliphatic rings. The molecular formula is C12H14BrClN4. The molecule has 0 aliphatic carbocycles. The predicted molar refractivity (Wildman–Crippen MR) is 76.3 cm³/mol. The maximum Gasteiger partial charge on any atom is 0.154 e. The maximum atomic E-state index is 6.10. The van der Waals surface area contributed by atoms with Crippen LogP contribution in [0, 0.1) is 13.8 Å². The van der Waals surface area contributed by atoms with Crippen LogP contribution in [-0.2, 0) is 6.54 Å². The minimum Gasteiger partial charge on any atom is -0.314 e. The zero-order chi connectivity index (χ0) is 13.3. The Morgan fingerprint density at radius 3 is 2.67 bits per heavy atom. The Hall–Kier alpha value is -0.910. The summed E-state index contributed by atoms with van der Waals surface area (Å²) in [7, 11) is 1.87. The third kappa shape index (κ3) is 2.43. The minimum atomic E-state index is 0.632. The summed E-state index contributed by atoms with van der Waals surface area (Å²) in [6.45, 7) is 4.59. The van der Waals surface area contributed by atoms with Crippen molar-refractivity contribution in [2.75, 3.05) is 7.05 Å². The molecule has 18 heavy (non-hydrogen) atoms. The molecule has 6 heteroatoms. The molecule has 0 aliphatic heterocycles. The Kier molecular flexibility index (Phi) is 4.04. The van der Waals surface area contributed by atoms with Crippen molar-refractivity contribution in [2.45, 2.75) is 20.4 Å². The van der Waals surface area contributed by atoms with Crippen molar-refractivity contribution in [3.05, 3.63) is 38.7 Å². The third-order valence-corrected chi connectivity index (χ3v) is 4.16. The summed E-state index contributed by atoms with van der Waals surface area (Å²) in [6, 6.07) is 3.72. The molecule has 4 nitrogen and oxygen atoms in total. The lowest BCUT2D eigenvalue weighted by Gasteiger charge is -2.07. The Morgan fingerprint density at radius 2 is 2.11 bits per heavy atom. The third-order valence-electron chi connectivity index (χ3n) is 2.67. The highest BCUT2D eigenvalue weighted by atomic mass is 79.9. The van der Waals surface area contributed by atoms with E-state index >= 15 is 0 Å². The Morgan fingerprint density at radius 1 is 1.39 bits per heavy atom. The topological polar surface area (TPSA) is 42.7 Å². The average molecular weight is 330 g/mol. The average Bonchev–Trinajstić information content (AvgIpc) is 2.60. The summed E-state index contributed by atoms with van der Waals surface area (Å²) < 4.78 is 2.82. The molecule has 0 spiro atoms. The number of hydrogen-bond donors (Lipinski definition) is 1. The molecule has 0 atom stereocenters. The molecule has 1 N–H and O–H groups in total. The van der Waals surface area contributed by atoms with Crippen molar-refractivity contribution >= 4 is 27.5 Å². The molecule has 0 bridgehead atoms. The van der Waals surface area contributed by atoms with E-state index in [0.717, 1.165) is 27.4 Å². The molecule has 0 aromatic carbocycles. The number of aromatic nitrogens is 3. The smallest absolute Gasteiger partial charge is 0.154 e. The number of aryl methyl sites for hydroxylation is 1. The van der Waals surface area contributed by atoms with E-state index in [9.17, 15) is 0 Å². The number of pyridine rings is 1. The number of nitrogens with zero attached hydrogens (tertiary/aromatic N) is 3. The van der Waals surface area contributed by atoms with Gasteiger partial charge < -0.3 is 5.32 Å². The zero-order valence-electron chi connectivity index (χ0n) is 10.5. The summed E-state index contributed by atoms with van der Waals surface area (Å²) in [5.41, 5.74) is 2.79. The van der Waals surface area contributed by atoms with Crippen LogP contribution in [0.25, 0.3) is 5.82 Å². The van der Waals surface area contributed by atoms with Crippen molar-refractivity contribution in [1.82, 2.24) is 20.1 Å². The zero-order valence-corrected chi connectivity index (χ0v) is 12.8. The van der Waals surface area contributed by atoms with Crippen LogP contribution < -0.4 is 5.32 Å². The van der Waals surface area contributed by atoms with Gasteiger partial charge in [0.05, 0.1) is 26.6 Å². The Labute approximate surface area is 119 Å². The van der Waals surface area contributed by atoms with Crippen LogP contribution >= 0.6 is 27.5 Å². The molecular weight excluding hydrogens is 316 g/mol. The molecule has 0 amide bonds. The molecule has 2 heterocycles. The summed E-state index contributed by atoms with van der Waals surface area (Å²) in [4.78, 5) is 4.53. The highest BCUT2D eigenvalue weighted by Crippen LogP contribution is 2.23. The van der Waals surface area contributed by atoms with Gasteiger partial charge in [0.1, 0.15) is 0 Å². The summed E-state index contributed by atoms with van der Waals surface area (Å²) in [5, 5.41) is 8.16. The maximum absolute atomic E-state index is 6.10. The van der Waals surface area contributed by atoms with Crippen molar-refractivity contribution in [3.8, 4) is 5.82 Å². The van der Waals surface area contributed by atoms with Crippen molar-refractivity contribution in [3.63, 3.8) is 0 Å². The first-order valence-corrected chi connectivity index (χ1v) is 6.73. The minimum absolute atomic E-state index is 0.632. The second-order valence-corrected chi connectivity index (χ2v) is 5.23. The Balaban J connectivity index is 2.50. The lowest BCUT2D eigenvalue weighted by Crippen LogP contribution is -2.10. The summed E-state index contributed by atoms with van der Waals surface area (Å²) in [6.07, 6.45) is 0. The monoisotopic (exact) mass is 328 g/mol. The fourth-order valence-electron chi connectivity index (χ4n) is 1.73. The first-order valence-electron chi connectivity index (χ1n) is 5.56. The van der Waals surface area contributed by atoms with E-state index < -0.39 is 0 Å². The highest BCUT2D eigenvalue weighted by Gasteiger charge is 2.12. The first-order chi connectivity index (χ1) is 8.54. The van der Waals surface area contributed by atoms with Gasteiger partial charge in [0, 0.05) is 6.54 Å². The van der Waals surface area contributed by atoms with Crippen molar-refractivity contribution < 1.29 is 0 Å². The molecule has 0 saturated heterocycles. The number of halogens is 2. The fourth-order valence-corrected chi connectivity index (χ4v) is 2.15. The van der Waals surface area contributed by atoms with Crippen LogP contribution in [0.3, 0.4) is 0 Å². The number of nitrogens with one attached hydrogen (secondary N) is 1. The Bertz CT molecular complexity index is 580. The number of rotatable bonds is 3. The summed E-state index contributed by atoms with van der Waals surface area (Å²) >= 11 is 9.61. The van der Waals surface area contributed by atoms with E-state index in [1.54, 1.807) is 0 Å². The van der Waals surface area contributed by atoms with Crippen LogP contribution in [0.2, 0.25) is 5.02 Å². The molecule has 0 radical (unpaired) electrons. The van der Waals surface area contributed by atoms with Gasteiger partial charge in [-0.05, 0) is 49.0 Å². The molecule has 0 saturated carbocycles.